The number of benzene rings is 1. The summed E-state index contributed by atoms with van der Waals surface area (Å²) in [4.78, 5) is 11.1. The summed E-state index contributed by atoms with van der Waals surface area (Å²) in [6, 6.07) is 6.18. The number of rotatable bonds is 2. The lowest BCUT2D eigenvalue weighted by molar-refractivity contribution is -0.141. The molecule has 0 aromatic heterocycles. The molecule has 1 N–H and O–H groups in total. The highest BCUT2D eigenvalue weighted by molar-refractivity contribution is 5.72. The van der Waals surface area contributed by atoms with Crippen molar-refractivity contribution in [1.82, 2.24) is 0 Å². The number of allylic oxidation sites excluding steroid dienone is 1. The predicted octanol–water partition coefficient (Wildman–Crippen LogP) is 2.96. The van der Waals surface area contributed by atoms with Crippen LogP contribution >= 0.6 is 0 Å². The van der Waals surface area contributed by atoms with E-state index in [9.17, 15) is 9.18 Å². The van der Waals surface area contributed by atoms with E-state index in [1.165, 1.54) is 12.1 Å². The zero-order chi connectivity index (χ0) is 11.7. The first-order chi connectivity index (χ1) is 7.58. The van der Waals surface area contributed by atoms with Gasteiger partial charge in [-0.05, 0) is 30.5 Å². The van der Waals surface area contributed by atoms with Crippen molar-refractivity contribution >= 4 is 5.97 Å². The van der Waals surface area contributed by atoms with Crippen molar-refractivity contribution in [2.75, 3.05) is 0 Å². The SMILES string of the molecule is C=C1C[C@H](C(=O)O)[C@@H](c2cccc(F)c2)C1. The molecule has 1 aromatic rings. The summed E-state index contributed by atoms with van der Waals surface area (Å²) < 4.78 is 13.1. The molecule has 84 valence electrons. The maximum absolute atomic E-state index is 13.1. The Morgan fingerprint density at radius 1 is 1.44 bits per heavy atom. The van der Waals surface area contributed by atoms with E-state index in [2.05, 4.69) is 6.58 Å². The quantitative estimate of drug-likeness (QED) is 0.778. The molecule has 0 amide bonds. The number of halogens is 1. The van der Waals surface area contributed by atoms with Crippen molar-refractivity contribution in [2.45, 2.75) is 18.8 Å². The minimum Gasteiger partial charge on any atom is -0.481 e. The zero-order valence-corrected chi connectivity index (χ0v) is 8.82. The van der Waals surface area contributed by atoms with Crippen molar-refractivity contribution in [3.63, 3.8) is 0 Å². The Kier molecular flexibility index (Phi) is 2.77. The lowest BCUT2D eigenvalue weighted by atomic mass is 9.89. The summed E-state index contributed by atoms with van der Waals surface area (Å²) in [6.45, 7) is 3.83. The molecule has 0 saturated heterocycles. The molecule has 16 heavy (non-hydrogen) atoms. The van der Waals surface area contributed by atoms with E-state index >= 15 is 0 Å². The Labute approximate surface area is 93.4 Å². The number of aliphatic carboxylic acids is 1. The van der Waals surface area contributed by atoms with Crippen molar-refractivity contribution in [2.24, 2.45) is 5.92 Å². The second-order valence-corrected chi connectivity index (χ2v) is 4.26. The highest BCUT2D eigenvalue weighted by Gasteiger charge is 2.35. The van der Waals surface area contributed by atoms with E-state index in [4.69, 9.17) is 5.11 Å². The monoisotopic (exact) mass is 220 g/mol. The topological polar surface area (TPSA) is 37.3 Å². The molecule has 2 rings (SSSR count). The molecule has 1 aliphatic rings. The molecule has 0 unspecified atom stereocenters. The second kappa shape index (κ2) is 4.08. The van der Waals surface area contributed by atoms with Crippen LogP contribution in [0.1, 0.15) is 24.3 Å². The largest absolute Gasteiger partial charge is 0.481 e. The van der Waals surface area contributed by atoms with Crippen LogP contribution in [0.3, 0.4) is 0 Å². The average Bonchev–Trinajstić information content (AvgIpc) is 2.60. The van der Waals surface area contributed by atoms with Crippen LogP contribution in [0.4, 0.5) is 4.39 Å². The van der Waals surface area contributed by atoms with Crippen LogP contribution in [0, 0.1) is 11.7 Å². The first-order valence-electron chi connectivity index (χ1n) is 5.23. The lowest BCUT2D eigenvalue weighted by Gasteiger charge is -2.15. The maximum atomic E-state index is 13.1. The normalized spacial score (nSPS) is 24.7. The van der Waals surface area contributed by atoms with Gasteiger partial charge in [0.2, 0.25) is 0 Å². The fourth-order valence-electron chi connectivity index (χ4n) is 2.34. The molecule has 2 nitrogen and oxygen atoms in total. The molecule has 0 radical (unpaired) electrons. The van der Waals surface area contributed by atoms with Gasteiger partial charge in [0.1, 0.15) is 5.82 Å². The molecule has 1 aliphatic carbocycles. The molecule has 2 atom stereocenters. The summed E-state index contributed by atoms with van der Waals surface area (Å²) in [6.07, 6.45) is 1.14. The van der Waals surface area contributed by atoms with Gasteiger partial charge >= 0.3 is 5.97 Å². The molecule has 0 aliphatic heterocycles. The molecular formula is C13H13FO2. The van der Waals surface area contributed by atoms with Gasteiger partial charge in [-0.15, -0.1) is 0 Å². The first kappa shape index (κ1) is 10.9. The highest BCUT2D eigenvalue weighted by atomic mass is 19.1. The van der Waals surface area contributed by atoms with Crippen LogP contribution in [-0.2, 0) is 4.79 Å². The van der Waals surface area contributed by atoms with Crippen molar-refractivity contribution in [3.8, 4) is 0 Å². The average molecular weight is 220 g/mol. The van der Waals surface area contributed by atoms with Crippen molar-refractivity contribution in [1.29, 1.82) is 0 Å². The van der Waals surface area contributed by atoms with Crippen LogP contribution in [0.2, 0.25) is 0 Å². The van der Waals surface area contributed by atoms with Gasteiger partial charge in [-0.25, -0.2) is 4.39 Å². The number of carboxylic acids is 1. The van der Waals surface area contributed by atoms with E-state index in [0.29, 0.717) is 12.8 Å². The summed E-state index contributed by atoms with van der Waals surface area (Å²) in [7, 11) is 0. The van der Waals surface area contributed by atoms with Gasteiger partial charge in [-0.1, -0.05) is 24.3 Å². The maximum Gasteiger partial charge on any atom is 0.307 e. The summed E-state index contributed by atoms with van der Waals surface area (Å²) >= 11 is 0. The van der Waals surface area contributed by atoms with Crippen molar-refractivity contribution < 1.29 is 14.3 Å². The molecule has 1 fully saturated rings. The highest BCUT2D eigenvalue weighted by Crippen LogP contribution is 2.42. The second-order valence-electron chi connectivity index (χ2n) is 4.26. The van der Waals surface area contributed by atoms with Gasteiger partial charge in [0, 0.05) is 5.92 Å². The van der Waals surface area contributed by atoms with E-state index in [1.54, 1.807) is 12.1 Å². The molecule has 1 aromatic carbocycles. The summed E-state index contributed by atoms with van der Waals surface area (Å²) in [5.74, 6) is -1.75. The number of carboxylic acid groups (broad SMARTS) is 1. The zero-order valence-electron chi connectivity index (χ0n) is 8.82. The van der Waals surface area contributed by atoms with Gasteiger partial charge in [0.05, 0.1) is 5.92 Å². The number of hydrogen-bond acceptors (Lipinski definition) is 1. The Bertz CT molecular complexity index is 439. The molecule has 0 heterocycles. The van der Waals surface area contributed by atoms with Crippen LogP contribution in [0.5, 0.6) is 0 Å². The number of carbonyl (C=O) groups is 1. The summed E-state index contributed by atoms with van der Waals surface area (Å²) in [5.41, 5.74) is 1.69. The van der Waals surface area contributed by atoms with Gasteiger partial charge in [0.25, 0.3) is 0 Å². The van der Waals surface area contributed by atoms with E-state index in [1.807, 2.05) is 0 Å². The van der Waals surface area contributed by atoms with E-state index in [0.717, 1.165) is 11.1 Å². The van der Waals surface area contributed by atoms with Crippen LogP contribution in [-0.4, -0.2) is 11.1 Å². The van der Waals surface area contributed by atoms with Crippen LogP contribution in [0.25, 0.3) is 0 Å². The molecule has 3 heteroatoms. The minimum atomic E-state index is -0.826. The minimum absolute atomic E-state index is 0.138. The number of hydrogen-bond donors (Lipinski definition) is 1. The first-order valence-corrected chi connectivity index (χ1v) is 5.23. The Morgan fingerprint density at radius 3 is 2.81 bits per heavy atom. The fraction of sp³-hybridized carbons (Fsp3) is 0.308. The Hall–Kier alpha value is -1.64. The molecular weight excluding hydrogens is 207 g/mol. The van der Waals surface area contributed by atoms with Crippen LogP contribution < -0.4 is 0 Å². The van der Waals surface area contributed by atoms with E-state index < -0.39 is 11.9 Å². The standard InChI is InChI=1S/C13H13FO2/c1-8-5-11(12(6-8)13(15)16)9-3-2-4-10(14)7-9/h2-4,7,11-12H,1,5-6H2,(H,15,16)/t11-,12+/m1/s1. The third kappa shape index (κ3) is 1.98. The molecule has 1 saturated carbocycles. The van der Waals surface area contributed by atoms with Crippen molar-refractivity contribution in [3.05, 3.63) is 47.8 Å². The smallest absolute Gasteiger partial charge is 0.307 e. The fourth-order valence-corrected chi connectivity index (χ4v) is 2.34. The Balaban J connectivity index is 2.32. The Morgan fingerprint density at radius 2 is 2.19 bits per heavy atom. The predicted molar refractivity (Wildman–Crippen MR) is 58.6 cm³/mol. The molecule has 0 bridgehead atoms. The van der Waals surface area contributed by atoms with Gasteiger partial charge in [-0.3, -0.25) is 4.79 Å². The van der Waals surface area contributed by atoms with Gasteiger partial charge in [-0.2, -0.15) is 0 Å². The summed E-state index contributed by atoms with van der Waals surface area (Å²) in [5, 5.41) is 9.10. The third-order valence-corrected chi connectivity index (χ3v) is 3.10. The van der Waals surface area contributed by atoms with Crippen LogP contribution in [0.15, 0.2) is 36.4 Å². The van der Waals surface area contributed by atoms with Gasteiger partial charge in [0.15, 0.2) is 0 Å². The lowest BCUT2D eigenvalue weighted by Crippen LogP contribution is -2.16. The molecule has 0 spiro atoms. The third-order valence-electron chi connectivity index (χ3n) is 3.10. The van der Waals surface area contributed by atoms with E-state index in [-0.39, 0.29) is 11.7 Å². The van der Waals surface area contributed by atoms with Gasteiger partial charge < -0.3 is 5.11 Å².